The zero-order chi connectivity index (χ0) is 20.5. The van der Waals surface area contributed by atoms with Gasteiger partial charge in [0.1, 0.15) is 0 Å². The average molecular weight is 407 g/mol. The third-order valence-corrected chi connectivity index (χ3v) is 6.01. The molecule has 30 heavy (non-hydrogen) atoms. The average Bonchev–Trinajstić information content (AvgIpc) is 2.76. The monoisotopic (exact) mass is 407 g/mol. The van der Waals surface area contributed by atoms with Gasteiger partial charge < -0.3 is 19.9 Å². The molecule has 0 unspecified atom stereocenters. The second-order valence-corrected chi connectivity index (χ2v) is 7.92. The second-order valence-electron chi connectivity index (χ2n) is 7.92. The number of hydrogen-bond donors (Lipinski definition) is 1. The number of hydrogen-bond acceptors (Lipinski definition) is 6. The van der Waals surface area contributed by atoms with Gasteiger partial charge in [0, 0.05) is 38.4 Å². The van der Waals surface area contributed by atoms with Gasteiger partial charge in [-0.05, 0) is 11.6 Å². The summed E-state index contributed by atoms with van der Waals surface area (Å²) in [6, 6.07) is 12.0. The van der Waals surface area contributed by atoms with Crippen molar-refractivity contribution in [3.05, 3.63) is 53.7 Å². The number of benzene rings is 1. The minimum Gasteiger partial charge on any atom is -0.379 e. The standard InChI is InChI=1S/C22H25N5O3/c28-20-12-24-21-19(27(20)13-16-4-2-1-3-5-16)10-17(11-23-21)22(29)26-14-18(15-26)25-6-8-30-9-7-25/h1-5,10-11,18H,6-9,12-15H2,(H,23,24). The van der Waals surface area contributed by atoms with Gasteiger partial charge in [0.25, 0.3) is 5.91 Å². The molecule has 2 amide bonds. The molecule has 0 aliphatic carbocycles. The number of rotatable bonds is 4. The van der Waals surface area contributed by atoms with E-state index in [1.54, 1.807) is 17.2 Å². The zero-order valence-corrected chi connectivity index (χ0v) is 16.8. The summed E-state index contributed by atoms with van der Waals surface area (Å²) >= 11 is 0. The van der Waals surface area contributed by atoms with Crippen LogP contribution in [0.3, 0.4) is 0 Å². The van der Waals surface area contributed by atoms with E-state index in [1.807, 2.05) is 35.2 Å². The van der Waals surface area contributed by atoms with Crippen LogP contribution in [0.2, 0.25) is 0 Å². The van der Waals surface area contributed by atoms with Crippen molar-refractivity contribution in [2.75, 3.05) is 56.2 Å². The summed E-state index contributed by atoms with van der Waals surface area (Å²) in [6.45, 7) is 5.48. The van der Waals surface area contributed by atoms with E-state index in [2.05, 4.69) is 15.2 Å². The number of pyridine rings is 1. The Morgan fingerprint density at radius 3 is 2.70 bits per heavy atom. The smallest absolute Gasteiger partial charge is 0.255 e. The number of nitrogens with zero attached hydrogens (tertiary/aromatic N) is 4. The predicted molar refractivity (Wildman–Crippen MR) is 112 cm³/mol. The lowest BCUT2D eigenvalue weighted by atomic mass is 10.0. The number of morpholine rings is 1. The number of fused-ring (bicyclic) bond motifs is 1. The summed E-state index contributed by atoms with van der Waals surface area (Å²) in [7, 11) is 0. The Morgan fingerprint density at radius 2 is 1.93 bits per heavy atom. The van der Waals surface area contributed by atoms with Crippen molar-refractivity contribution in [1.82, 2.24) is 14.8 Å². The van der Waals surface area contributed by atoms with Crippen molar-refractivity contribution in [3.63, 3.8) is 0 Å². The topological polar surface area (TPSA) is 78.0 Å². The normalized spacial score (nSPS) is 19.8. The number of anilines is 2. The van der Waals surface area contributed by atoms with E-state index < -0.39 is 0 Å². The van der Waals surface area contributed by atoms with E-state index in [-0.39, 0.29) is 18.4 Å². The molecule has 0 atom stereocenters. The van der Waals surface area contributed by atoms with Crippen LogP contribution in [0.25, 0.3) is 0 Å². The van der Waals surface area contributed by atoms with Crippen LogP contribution in [0.4, 0.5) is 11.5 Å². The van der Waals surface area contributed by atoms with E-state index in [1.165, 1.54) is 0 Å². The molecule has 0 spiro atoms. The Morgan fingerprint density at radius 1 is 1.17 bits per heavy atom. The zero-order valence-electron chi connectivity index (χ0n) is 16.8. The van der Waals surface area contributed by atoms with Gasteiger partial charge in [0.15, 0.2) is 5.82 Å². The van der Waals surface area contributed by atoms with E-state index in [0.29, 0.717) is 29.7 Å². The molecular formula is C22H25N5O3. The molecule has 1 aromatic heterocycles. The molecule has 0 saturated carbocycles. The Labute approximate surface area is 175 Å². The lowest BCUT2D eigenvalue weighted by Gasteiger charge is -2.46. The summed E-state index contributed by atoms with van der Waals surface area (Å²) in [4.78, 5) is 36.0. The Balaban J connectivity index is 1.31. The fourth-order valence-electron chi connectivity index (χ4n) is 4.22. The van der Waals surface area contributed by atoms with E-state index >= 15 is 0 Å². The van der Waals surface area contributed by atoms with Crippen LogP contribution in [-0.2, 0) is 16.1 Å². The van der Waals surface area contributed by atoms with Crippen molar-refractivity contribution < 1.29 is 14.3 Å². The van der Waals surface area contributed by atoms with Gasteiger partial charge in [-0.1, -0.05) is 30.3 Å². The maximum atomic E-state index is 13.0. The molecule has 3 aliphatic heterocycles. The first-order valence-corrected chi connectivity index (χ1v) is 10.4. The maximum absolute atomic E-state index is 13.0. The maximum Gasteiger partial charge on any atom is 0.255 e. The highest BCUT2D eigenvalue weighted by molar-refractivity contribution is 6.04. The second kappa shape index (κ2) is 8.04. The number of carbonyl (C=O) groups excluding carboxylic acids is 2. The van der Waals surface area contributed by atoms with Crippen molar-refractivity contribution in [3.8, 4) is 0 Å². The van der Waals surface area contributed by atoms with Crippen LogP contribution in [0.15, 0.2) is 42.6 Å². The number of amides is 2. The molecule has 156 valence electrons. The highest BCUT2D eigenvalue weighted by Gasteiger charge is 2.36. The Hall–Kier alpha value is -2.97. The highest BCUT2D eigenvalue weighted by Crippen LogP contribution is 2.31. The van der Waals surface area contributed by atoms with Crippen molar-refractivity contribution in [1.29, 1.82) is 0 Å². The van der Waals surface area contributed by atoms with E-state index in [4.69, 9.17) is 4.74 Å². The molecule has 1 aromatic carbocycles. The SMILES string of the molecule is O=C(c1cnc2c(c1)N(Cc1ccccc1)C(=O)CN2)N1CC(N2CCOCC2)C1. The minimum absolute atomic E-state index is 0.0333. The van der Waals surface area contributed by atoms with Gasteiger partial charge >= 0.3 is 0 Å². The molecule has 3 aliphatic rings. The van der Waals surface area contributed by atoms with Crippen LogP contribution in [0.1, 0.15) is 15.9 Å². The molecule has 5 rings (SSSR count). The Bertz CT molecular complexity index is 939. The fraction of sp³-hybridized carbons (Fsp3) is 0.409. The van der Waals surface area contributed by atoms with Crippen LogP contribution < -0.4 is 10.2 Å². The van der Waals surface area contributed by atoms with Crippen molar-refractivity contribution >= 4 is 23.3 Å². The summed E-state index contributed by atoms with van der Waals surface area (Å²) in [5, 5.41) is 3.06. The van der Waals surface area contributed by atoms with Gasteiger partial charge in [0.2, 0.25) is 5.91 Å². The molecular weight excluding hydrogens is 382 g/mol. The highest BCUT2D eigenvalue weighted by atomic mass is 16.5. The molecule has 2 fully saturated rings. The first-order valence-electron chi connectivity index (χ1n) is 10.4. The number of likely N-dealkylation sites (tertiary alicyclic amines) is 1. The fourth-order valence-corrected chi connectivity index (χ4v) is 4.22. The van der Waals surface area contributed by atoms with E-state index in [0.717, 1.165) is 45.0 Å². The van der Waals surface area contributed by atoms with Crippen LogP contribution >= 0.6 is 0 Å². The summed E-state index contributed by atoms with van der Waals surface area (Å²) in [5.74, 6) is 0.568. The van der Waals surface area contributed by atoms with Gasteiger partial charge in [-0.2, -0.15) is 0 Å². The third-order valence-electron chi connectivity index (χ3n) is 6.01. The molecule has 0 radical (unpaired) electrons. The number of ether oxygens (including phenoxy) is 1. The van der Waals surface area contributed by atoms with Crippen molar-refractivity contribution in [2.45, 2.75) is 12.6 Å². The van der Waals surface area contributed by atoms with Crippen molar-refractivity contribution in [2.24, 2.45) is 0 Å². The van der Waals surface area contributed by atoms with Crippen LogP contribution in [-0.4, -0.2) is 78.6 Å². The summed E-state index contributed by atoms with van der Waals surface area (Å²) in [5.41, 5.74) is 2.21. The van der Waals surface area contributed by atoms with Gasteiger partial charge in [-0.25, -0.2) is 4.98 Å². The largest absolute Gasteiger partial charge is 0.379 e. The van der Waals surface area contributed by atoms with Gasteiger partial charge in [-0.15, -0.1) is 0 Å². The Kier molecular flexibility index (Phi) is 5.10. The number of aromatic nitrogens is 1. The molecule has 4 heterocycles. The summed E-state index contributed by atoms with van der Waals surface area (Å²) < 4.78 is 5.41. The van der Waals surface area contributed by atoms with Gasteiger partial charge in [-0.3, -0.25) is 14.5 Å². The quantitative estimate of drug-likeness (QED) is 0.821. The minimum atomic E-state index is -0.0347. The molecule has 8 heteroatoms. The lowest BCUT2D eigenvalue weighted by molar-refractivity contribution is -0.117. The van der Waals surface area contributed by atoms with Crippen LogP contribution in [0.5, 0.6) is 0 Å². The molecule has 0 bridgehead atoms. The molecule has 2 saturated heterocycles. The third kappa shape index (κ3) is 3.64. The molecule has 2 aromatic rings. The van der Waals surface area contributed by atoms with Gasteiger partial charge in [0.05, 0.1) is 37.6 Å². The molecule has 8 nitrogen and oxygen atoms in total. The number of carbonyl (C=O) groups is 2. The lowest BCUT2D eigenvalue weighted by Crippen LogP contribution is -2.62. The molecule has 1 N–H and O–H groups in total. The predicted octanol–water partition coefficient (Wildman–Crippen LogP) is 1.20. The number of nitrogens with one attached hydrogen (secondary N) is 1. The van der Waals surface area contributed by atoms with Crippen LogP contribution in [0, 0.1) is 0 Å². The summed E-state index contributed by atoms with van der Waals surface area (Å²) in [6.07, 6.45) is 1.60. The van der Waals surface area contributed by atoms with E-state index in [9.17, 15) is 9.59 Å². The first kappa shape index (κ1) is 19.0. The first-order chi connectivity index (χ1) is 14.7.